The highest BCUT2D eigenvalue weighted by atomic mass is 79.9. The van der Waals surface area contributed by atoms with Crippen molar-refractivity contribution in [3.63, 3.8) is 0 Å². The van der Waals surface area contributed by atoms with Gasteiger partial charge < -0.3 is 10.3 Å². The standard InChI is InChI=1S/C19H16BrN3O/c1-11(14-6-4-13(8-17(14)20)19(24)22-2)16-10-23-18-7-12(9-21)3-5-15(16)18/h3-8,10-11,23H,1-2H3,(H,22,24). The average Bonchev–Trinajstić information content (AvgIpc) is 3.03. The van der Waals surface area contributed by atoms with Crippen LogP contribution in [-0.4, -0.2) is 17.9 Å². The first-order valence-electron chi connectivity index (χ1n) is 7.57. The molecule has 1 amide bonds. The zero-order valence-corrected chi connectivity index (χ0v) is 14.9. The van der Waals surface area contributed by atoms with Crippen LogP contribution in [0, 0.1) is 11.3 Å². The van der Waals surface area contributed by atoms with Crippen LogP contribution >= 0.6 is 15.9 Å². The molecule has 0 aliphatic rings. The van der Waals surface area contributed by atoms with Crippen LogP contribution in [0.25, 0.3) is 10.9 Å². The first-order valence-corrected chi connectivity index (χ1v) is 8.37. The molecule has 3 aromatic rings. The summed E-state index contributed by atoms with van der Waals surface area (Å²) >= 11 is 3.58. The number of rotatable bonds is 3. The lowest BCUT2D eigenvalue weighted by molar-refractivity contribution is 0.0963. The summed E-state index contributed by atoms with van der Waals surface area (Å²) < 4.78 is 0.902. The third-order valence-electron chi connectivity index (χ3n) is 4.27. The number of amides is 1. The number of carbonyl (C=O) groups is 1. The molecule has 0 fully saturated rings. The van der Waals surface area contributed by atoms with E-state index < -0.39 is 0 Å². The fraction of sp³-hybridized carbons (Fsp3) is 0.158. The summed E-state index contributed by atoms with van der Waals surface area (Å²) in [6, 6.07) is 13.5. The minimum Gasteiger partial charge on any atom is -0.361 e. The maximum absolute atomic E-state index is 11.7. The molecule has 2 aromatic carbocycles. The first-order chi connectivity index (χ1) is 11.5. The van der Waals surface area contributed by atoms with Gasteiger partial charge in [-0.05, 0) is 35.4 Å². The van der Waals surface area contributed by atoms with Crippen LogP contribution in [0.15, 0.2) is 47.1 Å². The van der Waals surface area contributed by atoms with Crippen molar-refractivity contribution in [2.75, 3.05) is 7.05 Å². The SMILES string of the molecule is CNC(=O)c1ccc(C(C)c2c[nH]c3cc(C#N)ccc23)c(Br)c1. The second-order valence-corrected chi connectivity index (χ2v) is 6.51. The third-order valence-corrected chi connectivity index (χ3v) is 4.95. The van der Waals surface area contributed by atoms with Gasteiger partial charge in [0, 0.05) is 40.1 Å². The molecule has 0 aliphatic heterocycles. The summed E-state index contributed by atoms with van der Waals surface area (Å²) in [4.78, 5) is 15.0. The van der Waals surface area contributed by atoms with Crippen molar-refractivity contribution in [2.24, 2.45) is 0 Å². The molecule has 5 heteroatoms. The zero-order chi connectivity index (χ0) is 17.3. The molecule has 0 saturated heterocycles. The summed E-state index contributed by atoms with van der Waals surface area (Å²) in [7, 11) is 1.62. The van der Waals surface area contributed by atoms with Gasteiger partial charge in [0.2, 0.25) is 0 Å². The number of nitrogens with one attached hydrogen (secondary N) is 2. The molecule has 0 aliphatic carbocycles. The van der Waals surface area contributed by atoms with Gasteiger partial charge in [-0.1, -0.05) is 35.0 Å². The van der Waals surface area contributed by atoms with Crippen molar-refractivity contribution >= 4 is 32.7 Å². The van der Waals surface area contributed by atoms with E-state index in [0.717, 1.165) is 26.5 Å². The fourth-order valence-electron chi connectivity index (χ4n) is 2.91. The lowest BCUT2D eigenvalue weighted by Gasteiger charge is -2.14. The van der Waals surface area contributed by atoms with E-state index in [-0.39, 0.29) is 11.8 Å². The number of benzene rings is 2. The Bertz CT molecular complexity index is 968. The van der Waals surface area contributed by atoms with Gasteiger partial charge in [-0.2, -0.15) is 5.26 Å². The normalized spacial score (nSPS) is 11.9. The molecule has 3 rings (SSSR count). The number of fused-ring (bicyclic) bond motifs is 1. The smallest absolute Gasteiger partial charge is 0.251 e. The Kier molecular flexibility index (Phi) is 4.41. The molecule has 0 radical (unpaired) electrons. The van der Waals surface area contributed by atoms with Crippen LogP contribution in [0.4, 0.5) is 0 Å². The number of aromatic nitrogens is 1. The topological polar surface area (TPSA) is 68.7 Å². The minimum atomic E-state index is -0.106. The molecular weight excluding hydrogens is 366 g/mol. The summed E-state index contributed by atoms with van der Waals surface area (Å²) in [6.07, 6.45) is 1.98. The number of aromatic amines is 1. The zero-order valence-electron chi connectivity index (χ0n) is 13.4. The lowest BCUT2D eigenvalue weighted by Crippen LogP contribution is -2.17. The van der Waals surface area contributed by atoms with Crippen molar-refractivity contribution in [2.45, 2.75) is 12.8 Å². The van der Waals surface area contributed by atoms with E-state index in [0.29, 0.717) is 11.1 Å². The minimum absolute atomic E-state index is 0.106. The van der Waals surface area contributed by atoms with E-state index in [9.17, 15) is 4.79 Å². The van der Waals surface area contributed by atoms with Gasteiger partial charge in [0.05, 0.1) is 11.6 Å². The van der Waals surface area contributed by atoms with Crippen molar-refractivity contribution in [3.05, 3.63) is 69.3 Å². The molecule has 1 unspecified atom stereocenters. The van der Waals surface area contributed by atoms with Gasteiger partial charge in [0.15, 0.2) is 0 Å². The largest absolute Gasteiger partial charge is 0.361 e. The molecule has 0 bridgehead atoms. The third kappa shape index (κ3) is 2.81. The van der Waals surface area contributed by atoms with Crippen LogP contribution in [0.3, 0.4) is 0 Å². The predicted molar refractivity (Wildman–Crippen MR) is 98.1 cm³/mol. The van der Waals surface area contributed by atoms with Gasteiger partial charge >= 0.3 is 0 Å². The molecular formula is C19H16BrN3O. The summed E-state index contributed by atoms with van der Waals surface area (Å²) in [5.74, 6) is 0.0332. The number of H-pyrrole nitrogens is 1. The maximum Gasteiger partial charge on any atom is 0.251 e. The first kappa shape index (κ1) is 16.3. The van der Waals surface area contributed by atoms with Crippen LogP contribution in [0.5, 0.6) is 0 Å². The van der Waals surface area contributed by atoms with Gasteiger partial charge in [-0.25, -0.2) is 0 Å². The Morgan fingerprint density at radius 3 is 2.71 bits per heavy atom. The Balaban J connectivity index is 2.02. The lowest BCUT2D eigenvalue weighted by atomic mass is 9.92. The highest BCUT2D eigenvalue weighted by Crippen LogP contribution is 2.34. The maximum atomic E-state index is 11.7. The molecule has 24 heavy (non-hydrogen) atoms. The van der Waals surface area contributed by atoms with E-state index in [1.165, 1.54) is 0 Å². The number of hydrogen-bond acceptors (Lipinski definition) is 2. The van der Waals surface area contributed by atoms with Crippen LogP contribution in [0.2, 0.25) is 0 Å². The highest BCUT2D eigenvalue weighted by molar-refractivity contribution is 9.10. The molecule has 120 valence electrons. The second-order valence-electron chi connectivity index (χ2n) is 5.65. The van der Waals surface area contributed by atoms with Gasteiger partial charge in [-0.15, -0.1) is 0 Å². The Labute approximate surface area is 148 Å². The van der Waals surface area contributed by atoms with Crippen LogP contribution in [-0.2, 0) is 0 Å². The van der Waals surface area contributed by atoms with E-state index in [1.807, 2.05) is 42.6 Å². The monoisotopic (exact) mass is 381 g/mol. The molecule has 4 nitrogen and oxygen atoms in total. The summed E-state index contributed by atoms with van der Waals surface area (Å²) in [5, 5.41) is 12.7. The summed E-state index contributed by atoms with van der Waals surface area (Å²) in [6.45, 7) is 2.13. The Morgan fingerprint density at radius 2 is 2.04 bits per heavy atom. The van der Waals surface area contributed by atoms with Crippen molar-refractivity contribution < 1.29 is 4.79 Å². The number of halogens is 1. The number of nitrogens with zero attached hydrogens (tertiary/aromatic N) is 1. The van der Waals surface area contributed by atoms with E-state index in [2.05, 4.69) is 39.2 Å². The molecule has 1 aromatic heterocycles. The quantitative estimate of drug-likeness (QED) is 0.709. The second kappa shape index (κ2) is 6.50. The van der Waals surface area contributed by atoms with E-state index in [4.69, 9.17) is 5.26 Å². The number of hydrogen-bond donors (Lipinski definition) is 2. The number of carbonyl (C=O) groups excluding carboxylic acids is 1. The fourth-order valence-corrected chi connectivity index (χ4v) is 3.63. The Hall–Kier alpha value is -2.58. The molecule has 1 atom stereocenters. The highest BCUT2D eigenvalue weighted by Gasteiger charge is 2.17. The van der Waals surface area contributed by atoms with E-state index in [1.54, 1.807) is 7.05 Å². The van der Waals surface area contributed by atoms with Crippen molar-refractivity contribution in [1.82, 2.24) is 10.3 Å². The van der Waals surface area contributed by atoms with Gasteiger partial charge in [0.1, 0.15) is 0 Å². The average molecular weight is 382 g/mol. The Morgan fingerprint density at radius 1 is 1.25 bits per heavy atom. The molecule has 0 spiro atoms. The molecule has 2 N–H and O–H groups in total. The van der Waals surface area contributed by atoms with Crippen LogP contribution in [0.1, 0.15) is 39.9 Å². The van der Waals surface area contributed by atoms with Crippen molar-refractivity contribution in [3.8, 4) is 6.07 Å². The van der Waals surface area contributed by atoms with Gasteiger partial charge in [0.25, 0.3) is 5.91 Å². The van der Waals surface area contributed by atoms with E-state index >= 15 is 0 Å². The predicted octanol–water partition coefficient (Wildman–Crippen LogP) is 4.31. The van der Waals surface area contributed by atoms with Crippen LogP contribution < -0.4 is 5.32 Å². The summed E-state index contributed by atoms with van der Waals surface area (Å²) in [5.41, 5.74) is 4.47. The van der Waals surface area contributed by atoms with Crippen molar-refractivity contribution in [1.29, 1.82) is 5.26 Å². The molecule has 1 heterocycles. The molecule has 0 saturated carbocycles. The number of nitriles is 1. The van der Waals surface area contributed by atoms with Gasteiger partial charge in [-0.3, -0.25) is 4.79 Å².